The number of ether oxygens (including phenoxy) is 2. The fourth-order valence-electron chi connectivity index (χ4n) is 3.87. The first-order chi connectivity index (χ1) is 11.5. The van der Waals surface area contributed by atoms with E-state index in [1.165, 1.54) is 16.5 Å². The Hall–Kier alpha value is -2.01. The lowest BCUT2D eigenvalue weighted by molar-refractivity contribution is -0.129. The molecule has 1 aliphatic heterocycles. The molecule has 24 heavy (non-hydrogen) atoms. The lowest BCUT2D eigenvalue weighted by Gasteiger charge is -2.36. The topological polar surface area (TPSA) is 66.5 Å². The number of benzene rings is 1. The van der Waals surface area contributed by atoms with E-state index in [9.17, 15) is 4.79 Å². The predicted molar refractivity (Wildman–Crippen MR) is 94.2 cm³/mol. The summed E-state index contributed by atoms with van der Waals surface area (Å²) < 4.78 is 13.8. The van der Waals surface area contributed by atoms with Gasteiger partial charge in [-0.15, -0.1) is 0 Å². The third-order valence-corrected chi connectivity index (χ3v) is 4.90. The van der Waals surface area contributed by atoms with Gasteiger partial charge in [-0.2, -0.15) is 0 Å². The molecule has 1 aromatic heterocycles. The summed E-state index contributed by atoms with van der Waals surface area (Å²) in [4.78, 5) is 11.6. The summed E-state index contributed by atoms with van der Waals surface area (Å²) in [6.07, 6.45) is 3.36. The van der Waals surface area contributed by atoms with Crippen molar-refractivity contribution in [2.45, 2.75) is 51.7 Å². The lowest BCUT2D eigenvalue weighted by Crippen LogP contribution is -2.39. The highest BCUT2D eigenvalue weighted by Gasteiger charge is 2.39. The van der Waals surface area contributed by atoms with Crippen molar-refractivity contribution in [2.24, 2.45) is 5.73 Å². The molecule has 1 aliphatic rings. The SMILES string of the molecule is CCCCc1c2n(c3ccc(OC)cc13)CCOC2(C)CC(N)=O. The van der Waals surface area contributed by atoms with Crippen molar-refractivity contribution in [3.8, 4) is 5.75 Å². The van der Waals surface area contributed by atoms with Gasteiger partial charge in [-0.25, -0.2) is 0 Å². The zero-order valence-electron chi connectivity index (χ0n) is 14.7. The van der Waals surface area contributed by atoms with Crippen molar-refractivity contribution in [1.82, 2.24) is 4.57 Å². The summed E-state index contributed by atoms with van der Waals surface area (Å²) in [6, 6.07) is 6.18. The molecular weight excluding hydrogens is 304 g/mol. The molecule has 0 aliphatic carbocycles. The highest BCUT2D eigenvalue weighted by Crippen LogP contribution is 2.41. The number of carbonyl (C=O) groups is 1. The van der Waals surface area contributed by atoms with Crippen LogP contribution in [0.5, 0.6) is 5.75 Å². The van der Waals surface area contributed by atoms with Crippen LogP contribution in [0.2, 0.25) is 0 Å². The van der Waals surface area contributed by atoms with Crippen molar-refractivity contribution in [3.63, 3.8) is 0 Å². The number of nitrogens with zero attached hydrogens (tertiary/aromatic N) is 1. The van der Waals surface area contributed by atoms with Crippen molar-refractivity contribution >= 4 is 16.8 Å². The monoisotopic (exact) mass is 330 g/mol. The zero-order valence-corrected chi connectivity index (χ0v) is 14.7. The van der Waals surface area contributed by atoms with Gasteiger partial charge in [0.15, 0.2) is 0 Å². The van der Waals surface area contributed by atoms with Crippen LogP contribution in [-0.2, 0) is 28.1 Å². The van der Waals surface area contributed by atoms with E-state index in [0.29, 0.717) is 6.61 Å². The molecule has 130 valence electrons. The van der Waals surface area contributed by atoms with E-state index < -0.39 is 5.60 Å². The summed E-state index contributed by atoms with van der Waals surface area (Å²) in [7, 11) is 1.68. The Morgan fingerprint density at radius 1 is 1.46 bits per heavy atom. The maximum Gasteiger partial charge on any atom is 0.220 e. The molecule has 3 rings (SSSR count). The van der Waals surface area contributed by atoms with Crippen molar-refractivity contribution in [2.75, 3.05) is 13.7 Å². The first kappa shape index (κ1) is 16.8. The average molecular weight is 330 g/mol. The van der Waals surface area contributed by atoms with Gasteiger partial charge < -0.3 is 19.8 Å². The largest absolute Gasteiger partial charge is 0.497 e. The number of aryl methyl sites for hydroxylation is 1. The van der Waals surface area contributed by atoms with E-state index in [-0.39, 0.29) is 12.3 Å². The smallest absolute Gasteiger partial charge is 0.220 e. The molecule has 1 aromatic carbocycles. The quantitative estimate of drug-likeness (QED) is 0.885. The maximum atomic E-state index is 11.6. The Labute approximate surface area is 142 Å². The van der Waals surface area contributed by atoms with Gasteiger partial charge in [0.05, 0.1) is 25.8 Å². The fraction of sp³-hybridized carbons (Fsp3) is 0.526. The predicted octanol–water partition coefficient (Wildman–Crippen LogP) is 3.11. The van der Waals surface area contributed by atoms with Gasteiger partial charge in [0.25, 0.3) is 0 Å². The fourth-order valence-corrected chi connectivity index (χ4v) is 3.87. The second-order valence-corrected chi connectivity index (χ2v) is 6.69. The molecule has 0 fully saturated rings. The first-order valence-corrected chi connectivity index (χ1v) is 8.62. The molecule has 0 radical (unpaired) electrons. The van der Waals surface area contributed by atoms with Crippen LogP contribution in [0.3, 0.4) is 0 Å². The minimum atomic E-state index is -0.667. The van der Waals surface area contributed by atoms with Crippen LogP contribution in [0.15, 0.2) is 18.2 Å². The Morgan fingerprint density at radius 3 is 2.92 bits per heavy atom. The second kappa shape index (κ2) is 6.48. The molecular formula is C19H26N2O3. The Kier molecular flexibility index (Phi) is 4.54. The molecule has 0 bridgehead atoms. The van der Waals surface area contributed by atoms with Crippen LogP contribution < -0.4 is 10.5 Å². The van der Waals surface area contributed by atoms with Crippen LogP contribution in [0.25, 0.3) is 10.9 Å². The van der Waals surface area contributed by atoms with E-state index in [2.05, 4.69) is 23.6 Å². The normalized spacial score (nSPS) is 20.1. The van der Waals surface area contributed by atoms with Gasteiger partial charge in [-0.3, -0.25) is 4.79 Å². The second-order valence-electron chi connectivity index (χ2n) is 6.69. The molecule has 1 atom stereocenters. The van der Waals surface area contributed by atoms with Gasteiger partial charge in [0.1, 0.15) is 11.4 Å². The number of nitrogens with two attached hydrogens (primary N) is 1. The summed E-state index contributed by atoms with van der Waals surface area (Å²) >= 11 is 0. The highest BCUT2D eigenvalue weighted by molar-refractivity contribution is 5.88. The van der Waals surface area contributed by atoms with Gasteiger partial charge >= 0.3 is 0 Å². The maximum absolute atomic E-state index is 11.6. The van der Waals surface area contributed by atoms with Crippen LogP contribution in [0.1, 0.15) is 44.4 Å². The molecule has 0 saturated heterocycles. The number of amides is 1. The Bertz CT molecular complexity index is 766. The number of unbranched alkanes of at least 4 members (excludes halogenated alkanes) is 1. The van der Waals surface area contributed by atoms with E-state index in [0.717, 1.165) is 37.3 Å². The molecule has 1 amide bonds. The molecule has 2 N–H and O–H groups in total. The summed E-state index contributed by atoms with van der Waals surface area (Å²) in [6.45, 7) is 5.54. The van der Waals surface area contributed by atoms with E-state index in [1.54, 1.807) is 7.11 Å². The van der Waals surface area contributed by atoms with E-state index in [1.807, 2.05) is 13.0 Å². The number of rotatable bonds is 6. The zero-order chi connectivity index (χ0) is 17.3. The summed E-state index contributed by atoms with van der Waals surface area (Å²) in [5.74, 6) is 0.510. The number of fused-ring (bicyclic) bond motifs is 3. The molecule has 2 aromatic rings. The summed E-state index contributed by atoms with van der Waals surface area (Å²) in [5, 5.41) is 1.19. The van der Waals surface area contributed by atoms with E-state index in [4.69, 9.17) is 15.2 Å². The minimum Gasteiger partial charge on any atom is -0.497 e. The Morgan fingerprint density at radius 2 is 2.25 bits per heavy atom. The van der Waals surface area contributed by atoms with Gasteiger partial charge in [0.2, 0.25) is 5.91 Å². The molecule has 5 heteroatoms. The van der Waals surface area contributed by atoms with Gasteiger partial charge in [-0.05, 0) is 43.5 Å². The van der Waals surface area contributed by atoms with Gasteiger partial charge in [0, 0.05) is 17.4 Å². The lowest BCUT2D eigenvalue weighted by atomic mass is 9.90. The van der Waals surface area contributed by atoms with Gasteiger partial charge in [-0.1, -0.05) is 13.3 Å². The molecule has 1 unspecified atom stereocenters. The van der Waals surface area contributed by atoms with Crippen molar-refractivity contribution in [1.29, 1.82) is 0 Å². The van der Waals surface area contributed by atoms with Crippen LogP contribution >= 0.6 is 0 Å². The van der Waals surface area contributed by atoms with Crippen LogP contribution in [0.4, 0.5) is 0 Å². The summed E-state index contributed by atoms with van der Waals surface area (Å²) in [5.41, 5.74) is 8.38. The van der Waals surface area contributed by atoms with Crippen LogP contribution in [0, 0.1) is 0 Å². The molecule has 0 saturated carbocycles. The Balaban J connectivity index is 2.25. The minimum absolute atomic E-state index is 0.194. The van der Waals surface area contributed by atoms with Crippen LogP contribution in [-0.4, -0.2) is 24.2 Å². The number of carbonyl (C=O) groups excluding carboxylic acids is 1. The highest BCUT2D eigenvalue weighted by atomic mass is 16.5. The number of aromatic nitrogens is 1. The molecule has 0 spiro atoms. The number of primary amides is 1. The van der Waals surface area contributed by atoms with Crippen molar-refractivity contribution in [3.05, 3.63) is 29.5 Å². The van der Waals surface area contributed by atoms with Crippen molar-refractivity contribution < 1.29 is 14.3 Å². The van der Waals surface area contributed by atoms with E-state index >= 15 is 0 Å². The molecule has 2 heterocycles. The third kappa shape index (κ3) is 2.77. The standard InChI is InChI=1S/C19H26N2O3/c1-4-5-6-14-15-11-13(23-3)7-8-16(15)21-9-10-24-19(2,18(14)21)12-17(20)22/h7-8,11H,4-6,9-10,12H2,1-3H3,(H2,20,22). The molecule has 5 nitrogen and oxygen atoms in total. The number of hydrogen-bond donors (Lipinski definition) is 1. The average Bonchev–Trinajstić information content (AvgIpc) is 2.86. The first-order valence-electron chi connectivity index (χ1n) is 8.62. The number of methoxy groups -OCH3 is 1. The number of hydrogen-bond acceptors (Lipinski definition) is 3. The third-order valence-electron chi connectivity index (χ3n) is 4.90.